The van der Waals surface area contributed by atoms with Crippen molar-refractivity contribution in [3.8, 4) is 0 Å². The van der Waals surface area contributed by atoms with Crippen molar-refractivity contribution < 1.29 is 13.8 Å². The average molecular weight is 358 g/mol. The summed E-state index contributed by atoms with van der Waals surface area (Å²) in [6.07, 6.45) is 6.19. The number of aromatic nitrogens is 1. The van der Waals surface area contributed by atoms with Gasteiger partial charge < -0.3 is 0 Å². The van der Waals surface area contributed by atoms with Crippen LogP contribution >= 0.6 is 23.2 Å². The Labute approximate surface area is 140 Å². The molecule has 0 aliphatic heterocycles. The summed E-state index contributed by atoms with van der Waals surface area (Å²) in [6, 6.07) is 7.30. The molecule has 0 unspecified atom stereocenters. The molecular formula is C15H13Cl2NO3S. The average Bonchev–Trinajstić information content (AvgIpc) is 2.49. The summed E-state index contributed by atoms with van der Waals surface area (Å²) in [5, 5.41) is 0.578. The Kier molecular flexibility index (Phi) is 7.38. The van der Waals surface area contributed by atoms with Crippen LogP contribution < -0.4 is 0 Å². The SMILES string of the molecule is CS(C)=O.O=C(C(=O)c1ccc(Cl)c(Cl)c1)c1ccncc1. The van der Waals surface area contributed by atoms with Gasteiger partial charge in [-0.25, -0.2) is 0 Å². The first-order valence-electron chi connectivity index (χ1n) is 6.02. The van der Waals surface area contributed by atoms with Gasteiger partial charge in [0.15, 0.2) is 0 Å². The highest BCUT2D eigenvalue weighted by Gasteiger charge is 2.18. The molecule has 7 heteroatoms. The highest BCUT2D eigenvalue weighted by Crippen LogP contribution is 2.23. The summed E-state index contributed by atoms with van der Waals surface area (Å²) >= 11 is 11.5. The minimum atomic E-state index is -0.625. The second-order valence-corrected chi connectivity index (χ2v) is 6.56. The first kappa shape index (κ1) is 18.5. The first-order chi connectivity index (χ1) is 10.3. The van der Waals surface area contributed by atoms with Crippen LogP contribution in [0.4, 0.5) is 0 Å². The molecule has 22 heavy (non-hydrogen) atoms. The van der Waals surface area contributed by atoms with Gasteiger partial charge in [0.2, 0.25) is 11.6 Å². The third kappa shape index (κ3) is 5.67. The lowest BCUT2D eigenvalue weighted by atomic mass is 10.0. The molecule has 0 aliphatic carbocycles. The van der Waals surface area contributed by atoms with Crippen molar-refractivity contribution in [2.45, 2.75) is 0 Å². The van der Waals surface area contributed by atoms with Gasteiger partial charge in [0.25, 0.3) is 0 Å². The molecule has 0 aliphatic rings. The molecule has 0 spiro atoms. The fraction of sp³-hybridized carbons (Fsp3) is 0.133. The monoisotopic (exact) mass is 357 g/mol. The third-order valence-corrected chi connectivity index (χ3v) is 3.07. The quantitative estimate of drug-likeness (QED) is 0.623. The zero-order valence-corrected chi connectivity index (χ0v) is 14.2. The van der Waals surface area contributed by atoms with Gasteiger partial charge in [-0.3, -0.25) is 18.8 Å². The van der Waals surface area contributed by atoms with Crippen LogP contribution in [-0.4, -0.2) is 33.3 Å². The highest BCUT2D eigenvalue weighted by atomic mass is 35.5. The summed E-state index contributed by atoms with van der Waals surface area (Å²) < 4.78 is 9.56. The molecule has 0 atom stereocenters. The van der Waals surface area contributed by atoms with Gasteiger partial charge in [-0.15, -0.1) is 0 Å². The van der Waals surface area contributed by atoms with Gasteiger partial charge >= 0.3 is 0 Å². The Morgan fingerprint density at radius 1 is 0.909 bits per heavy atom. The van der Waals surface area contributed by atoms with Crippen molar-refractivity contribution in [3.05, 3.63) is 63.9 Å². The minimum Gasteiger partial charge on any atom is -0.285 e. The van der Waals surface area contributed by atoms with Crippen molar-refractivity contribution in [1.29, 1.82) is 0 Å². The molecule has 1 aromatic carbocycles. The predicted octanol–water partition coefficient (Wildman–Crippen LogP) is 3.45. The number of carbonyl (C=O) groups is 2. The van der Waals surface area contributed by atoms with E-state index in [4.69, 9.17) is 23.2 Å². The molecule has 2 rings (SSSR count). The molecule has 0 saturated heterocycles. The van der Waals surface area contributed by atoms with E-state index in [1.54, 1.807) is 12.5 Å². The normalized spacial score (nSPS) is 9.86. The lowest BCUT2D eigenvalue weighted by Crippen LogP contribution is -2.14. The number of carbonyl (C=O) groups excluding carboxylic acids is 2. The number of pyridine rings is 1. The molecule has 0 amide bonds. The smallest absolute Gasteiger partial charge is 0.233 e. The Balaban J connectivity index is 0.000000541. The molecule has 116 valence electrons. The van der Waals surface area contributed by atoms with Gasteiger partial charge in [-0.2, -0.15) is 0 Å². The molecule has 4 nitrogen and oxygen atoms in total. The van der Waals surface area contributed by atoms with E-state index in [0.29, 0.717) is 10.6 Å². The van der Waals surface area contributed by atoms with Gasteiger partial charge in [0.05, 0.1) is 10.0 Å². The molecule has 0 fully saturated rings. The topological polar surface area (TPSA) is 64.1 Å². The van der Waals surface area contributed by atoms with Crippen molar-refractivity contribution in [2.75, 3.05) is 12.5 Å². The van der Waals surface area contributed by atoms with Crippen LogP contribution in [0.1, 0.15) is 20.7 Å². The zero-order chi connectivity index (χ0) is 16.7. The summed E-state index contributed by atoms with van der Waals surface area (Å²) in [7, 11) is -0.611. The van der Waals surface area contributed by atoms with Gasteiger partial charge in [-0.1, -0.05) is 23.2 Å². The minimum absolute atomic E-state index is 0.214. The summed E-state index contributed by atoms with van der Waals surface area (Å²) in [6.45, 7) is 0. The van der Waals surface area contributed by atoms with Crippen LogP contribution in [0.5, 0.6) is 0 Å². The molecule has 0 bridgehead atoms. The second-order valence-electron chi connectivity index (χ2n) is 4.26. The van der Waals surface area contributed by atoms with Gasteiger partial charge in [0.1, 0.15) is 0 Å². The maximum absolute atomic E-state index is 11.9. The van der Waals surface area contributed by atoms with Crippen molar-refractivity contribution in [3.63, 3.8) is 0 Å². The molecule has 2 aromatic rings. The Hall–Kier alpha value is -1.56. The summed E-state index contributed by atoms with van der Waals surface area (Å²) in [5.74, 6) is -1.23. The van der Waals surface area contributed by atoms with Crippen LogP contribution in [0.25, 0.3) is 0 Å². The van der Waals surface area contributed by atoms with Crippen molar-refractivity contribution in [1.82, 2.24) is 4.98 Å². The Morgan fingerprint density at radius 2 is 1.41 bits per heavy atom. The number of hydrogen-bond acceptors (Lipinski definition) is 4. The molecular weight excluding hydrogens is 345 g/mol. The highest BCUT2D eigenvalue weighted by molar-refractivity contribution is 7.83. The van der Waals surface area contributed by atoms with E-state index in [0.717, 1.165) is 0 Å². The van der Waals surface area contributed by atoms with Crippen LogP contribution in [0, 0.1) is 0 Å². The number of halogens is 2. The molecule has 0 saturated carbocycles. The largest absolute Gasteiger partial charge is 0.285 e. The summed E-state index contributed by atoms with van der Waals surface area (Å²) in [4.78, 5) is 27.6. The molecule has 1 heterocycles. The van der Waals surface area contributed by atoms with Gasteiger partial charge in [0, 0.05) is 46.8 Å². The first-order valence-corrected chi connectivity index (χ1v) is 8.74. The van der Waals surface area contributed by atoms with E-state index in [2.05, 4.69) is 4.98 Å². The van der Waals surface area contributed by atoms with Crippen LogP contribution in [0.2, 0.25) is 10.0 Å². The number of hydrogen-bond donors (Lipinski definition) is 0. The zero-order valence-electron chi connectivity index (χ0n) is 11.9. The number of benzene rings is 1. The number of ketones is 2. The number of Topliss-reactive ketones (excluding diaryl/α,β-unsaturated/α-hetero) is 2. The van der Waals surface area contributed by atoms with E-state index >= 15 is 0 Å². The summed E-state index contributed by atoms with van der Waals surface area (Å²) in [5.41, 5.74) is 0.507. The maximum Gasteiger partial charge on any atom is 0.233 e. The number of rotatable bonds is 3. The van der Waals surface area contributed by atoms with E-state index in [1.807, 2.05) is 0 Å². The fourth-order valence-corrected chi connectivity index (χ4v) is 1.70. The van der Waals surface area contributed by atoms with Crippen molar-refractivity contribution >= 4 is 45.6 Å². The fourth-order valence-electron chi connectivity index (χ4n) is 1.40. The lowest BCUT2D eigenvalue weighted by molar-refractivity contribution is 0.0817. The molecule has 0 N–H and O–H groups in total. The van der Waals surface area contributed by atoms with Crippen LogP contribution in [0.3, 0.4) is 0 Å². The Bertz CT molecular complexity index is 701. The van der Waals surface area contributed by atoms with E-state index < -0.39 is 22.4 Å². The standard InChI is InChI=1S/C13H7Cl2NO2.C2H6OS/c14-10-2-1-9(7-11(10)15)13(18)12(17)8-3-5-16-6-4-8;1-4(2)3/h1-7H;1-2H3. The lowest BCUT2D eigenvalue weighted by Gasteiger charge is -2.02. The van der Waals surface area contributed by atoms with E-state index in [-0.39, 0.29) is 10.6 Å². The van der Waals surface area contributed by atoms with E-state index in [9.17, 15) is 13.8 Å². The third-order valence-electron chi connectivity index (χ3n) is 2.33. The van der Waals surface area contributed by atoms with Gasteiger partial charge in [-0.05, 0) is 30.3 Å². The second kappa shape index (κ2) is 8.78. The number of nitrogens with zero attached hydrogens (tertiary/aromatic N) is 1. The van der Waals surface area contributed by atoms with Crippen LogP contribution in [0.15, 0.2) is 42.7 Å². The molecule has 0 radical (unpaired) electrons. The van der Waals surface area contributed by atoms with Crippen LogP contribution in [-0.2, 0) is 10.8 Å². The predicted molar refractivity (Wildman–Crippen MR) is 89.4 cm³/mol. The Morgan fingerprint density at radius 3 is 1.91 bits per heavy atom. The van der Waals surface area contributed by atoms with Crippen molar-refractivity contribution in [2.24, 2.45) is 0 Å². The maximum atomic E-state index is 11.9. The van der Waals surface area contributed by atoms with E-state index in [1.165, 1.54) is 42.7 Å². The molecule has 1 aromatic heterocycles.